The van der Waals surface area contributed by atoms with E-state index in [9.17, 15) is 9.90 Å². The number of thiophene rings is 1. The van der Waals surface area contributed by atoms with E-state index in [1.54, 1.807) is 0 Å². The Morgan fingerprint density at radius 1 is 0.516 bits per heavy atom. The van der Waals surface area contributed by atoms with Crippen LogP contribution in [0.15, 0.2) is 109 Å². The molecule has 0 fully saturated rings. The van der Waals surface area contributed by atoms with Gasteiger partial charge in [-0.15, -0.1) is 40.5 Å². The topological polar surface area (TPSA) is 50.2 Å². The van der Waals surface area contributed by atoms with Crippen LogP contribution in [0.4, 0.5) is 0 Å². The minimum Gasteiger partial charge on any atom is -0.512 e. The van der Waals surface area contributed by atoms with Crippen molar-refractivity contribution in [3.8, 4) is 11.3 Å². The zero-order valence-corrected chi connectivity index (χ0v) is 66.2. The monoisotopic (exact) mass is 1440 g/mol. The van der Waals surface area contributed by atoms with Gasteiger partial charge in [0.15, 0.2) is 13.9 Å². The number of hydrogen-bond donors (Lipinski definition) is 1. The Labute approximate surface area is 574 Å². The van der Waals surface area contributed by atoms with Crippen molar-refractivity contribution in [1.82, 2.24) is 4.98 Å². The molecule has 1 N–H and O–H groups in total. The predicted octanol–water partition coefficient (Wildman–Crippen LogP) is 22.1. The average molecular weight is 1440 g/mol. The Morgan fingerprint density at radius 3 is 1.22 bits per heavy atom. The zero-order chi connectivity index (χ0) is 67.3. The summed E-state index contributed by atoms with van der Waals surface area (Å²) < 4.78 is 2.80. The molecule has 7 aromatic rings. The van der Waals surface area contributed by atoms with E-state index in [-0.39, 0.29) is 81.4 Å². The number of aromatic nitrogens is 1. The van der Waals surface area contributed by atoms with Gasteiger partial charge in [-0.3, -0.25) is 9.78 Å². The molecule has 6 heteroatoms. The molecular formula is C85H122IrNO2SSi-. The number of rotatable bonds is 21. The van der Waals surface area contributed by atoms with E-state index >= 15 is 0 Å². The number of aliphatic hydroxyl groups excluding tert-OH is 1. The van der Waals surface area contributed by atoms with E-state index in [2.05, 4.69) is 267 Å². The molecular weight excluding hydrogens is 1320 g/mol. The molecule has 499 valence electrons. The minimum absolute atomic E-state index is 0. The molecule has 0 bridgehead atoms. The first kappa shape index (κ1) is 77.3. The molecule has 0 spiro atoms. The maximum atomic E-state index is 11.7. The summed E-state index contributed by atoms with van der Waals surface area (Å²) in [5.74, 6) is 0.547. The molecule has 5 aromatic carbocycles. The van der Waals surface area contributed by atoms with Crippen LogP contribution in [-0.4, -0.2) is 23.9 Å². The fraction of sp³-hybridized carbons (Fsp3) is 0.553. The second-order valence-electron chi connectivity index (χ2n) is 34.8. The second kappa shape index (κ2) is 30.5. The Hall–Kier alpha value is -4.45. The second-order valence-corrected chi connectivity index (χ2v) is 39.9. The molecule has 1 radical (unpaired) electrons. The van der Waals surface area contributed by atoms with Gasteiger partial charge in [-0.2, -0.15) is 0 Å². The maximum absolute atomic E-state index is 11.7. The van der Waals surface area contributed by atoms with Crippen LogP contribution in [0.2, 0.25) is 0 Å². The summed E-state index contributed by atoms with van der Waals surface area (Å²) in [6.45, 7) is 61.2. The summed E-state index contributed by atoms with van der Waals surface area (Å²) >= 11 is 2.06. The smallest absolute Gasteiger partial charge is 0.191 e. The fourth-order valence-corrected chi connectivity index (χ4v) is 22.0. The van der Waals surface area contributed by atoms with Gasteiger partial charge in [0.2, 0.25) is 0 Å². The van der Waals surface area contributed by atoms with E-state index in [0.717, 1.165) is 88.3 Å². The van der Waals surface area contributed by atoms with Gasteiger partial charge >= 0.3 is 0 Å². The van der Waals surface area contributed by atoms with Crippen LogP contribution in [0.1, 0.15) is 256 Å². The SMILES string of the molecule is CCC(C)(CC)c1cc(-c2nccc3c(C)c([Si](c4cc(CC(C)(C)C)cc(CC(C)(C)C)c4)(c4cc(CC(C)(C)C)cc(CC(C)(C)C)c4)c4cc(CC(C)(C)C)cc(CC(C)(C)C)c4)sc23)[c-]c2ccccc12.CCC(CC)C(=O)/C=C(\O)C(CC)CC.[Ir]. The number of ketones is 1. The van der Waals surface area contributed by atoms with Crippen LogP contribution < -0.4 is 20.1 Å². The van der Waals surface area contributed by atoms with E-state index < -0.39 is 8.07 Å². The Kier molecular flexibility index (Phi) is 25.9. The van der Waals surface area contributed by atoms with Gasteiger partial charge in [0.05, 0.1) is 5.76 Å². The molecule has 0 unspecified atom stereocenters. The van der Waals surface area contributed by atoms with Crippen LogP contribution in [0.3, 0.4) is 0 Å². The molecule has 0 amide bonds. The number of carbonyl (C=O) groups is 1. The van der Waals surface area contributed by atoms with Gasteiger partial charge in [0.25, 0.3) is 0 Å². The van der Waals surface area contributed by atoms with Crippen molar-refractivity contribution in [2.75, 3.05) is 0 Å². The van der Waals surface area contributed by atoms with Crippen molar-refractivity contribution in [2.45, 2.75) is 262 Å². The number of aryl methyl sites for hydroxylation is 1. The van der Waals surface area contributed by atoms with E-state index in [0.29, 0.717) is 0 Å². The van der Waals surface area contributed by atoms with E-state index in [4.69, 9.17) is 4.98 Å². The van der Waals surface area contributed by atoms with Crippen molar-refractivity contribution in [1.29, 1.82) is 0 Å². The van der Waals surface area contributed by atoms with Crippen LogP contribution >= 0.6 is 11.3 Å². The van der Waals surface area contributed by atoms with Gasteiger partial charge < -0.3 is 5.11 Å². The number of fused-ring (bicyclic) bond motifs is 2. The van der Waals surface area contributed by atoms with Gasteiger partial charge in [0, 0.05) is 59.1 Å². The minimum atomic E-state index is -3.31. The third kappa shape index (κ3) is 20.5. The van der Waals surface area contributed by atoms with Crippen LogP contribution in [0.25, 0.3) is 32.1 Å². The summed E-state index contributed by atoms with van der Waals surface area (Å²) in [5, 5.41) is 18.1. The molecule has 0 saturated heterocycles. The molecule has 3 nitrogen and oxygen atoms in total. The molecule has 0 saturated carbocycles. The number of benzene rings is 5. The first-order chi connectivity index (χ1) is 41.6. The quantitative estimate of drug-likeness (QED) is 0.0256. The number of hydrogen-bond acceptors (Lipinski definition) is 4. The summed E-state index contributed by atoms with van der Waals surface area (Å²) in [4.78, 5) is 17.2. The van der Waals surface area contributed by atoms with Crippen LogP contribution in [0, 0.1) is 57.3 Å². The molecule has 2 heterocycles. The summed E-state index contributed by atoms with van der Waals surface area (Å²) in [6.07, 6.45) is 15.2. The maximum Gasteiger partial charge on any atom is 0.191 e. The number of pyridine rings is 1. The standard InChI is InChI=1S/C72H98NSSi.C13H24O2.Ir/c1-23-72(22,24-2)62-41-56(40-55-27-25-26-28-61(55)62)63-64-60(29-30-73-63)48(3)65(74-64)75(57-34-49(42-66(4,5)6)31-50(35-57)43-67(7,8)9,58-36-51(44-68(10,11)12)32-52(37-58)45-69(13,14)15)59-38-53(46-70(16,17)18)33-54(39-59)47-71(19,20)21;1-5-10(6-2)12(14)9-13(15)11(7-3)8-4;/h25-39,41H,23-24,42-47H2,1-22H3;9-11,14H,5-8H2,1-4H3;/q-1;;/b;12-9-;. The van der Waals surface area contributed by atoms with Gasteiger partial charge in [-0.05, 0) is 188 Å². The Morgan fingerprint density at radius 2 is 0.879 bits per heavy atom. The van der Waals surface area contributed by atoms with Crippen molar-refractivity contribution < 1.29 is 30.0 Å². The van der Waals surface area contributed by atoms with Gasteiger partial charge in [-0.25, -0.2) is 0 Å². The first-order valence-electron chi connectivity index (χ1n) is 34.8. The van der Waals surface area contributed by atoms with Crippen molar-refractivity contribution in [3.63, 3.8) is 0 Å². The van der Waals surface area contributed by atoms with E-state index in [1.165, 1.54) is 91.5 Å². The third-order valence-corrected chi connectivity index (χ3v) is 25.3. The normalized spacial score (nSPS) is 13.3. The van der Waals surface area contributed by atoms with Crippen molar-refractivity contribution in [3.05, 3.63) is 160 Å². The molecule has 0 aliphatic rings. The molecule has 2 aromatic heterocycles. The van der Waals surface area contributed by atoms with Crippen molar-refractivity contribution >= 4 is 66.1 Å². The van der Waals surface area contributed by atoms with Gasteiger partial charge in [0.1, 0.15) is 0 Å². The Balaban J connectivity index is 0.000000831. The largest absolute Gasteiger partial charge is 0.512 e. The number of carbonyl (C=O) groups excluding carboxylic acids is 1. The molecule has 0 aliphatic heterocycles. The number of nitrogens with zero attached hydrogens (tertiary/aromatic N) is 1. The third-order valence-electron chi connectivity index (χ3n) is 18.4. The first-order valence-corrected chi connectivity index (χ1v) is 37.6. The molecule has 0 aliphatic carbocycles. The molecule has 7 rings (SSSR count). The molecule has 91 heavy (non-hydrogen) atoms. The fourth-order valence-electron chi connectivity index (χ4n) is 14.1. The molecule has 0 atom stereocenters. The number of aliphatic hydroxyl groups is 1. The van der Waals surface area contributed by atoms with Crippen molar-refractivity contribution in [2.24, 2.45) is 44.3 Å². The summed E-state index contributed by atoms with van der Waals surface area (Å²) in [6, 6.07) is 41.7. The van der Waals surface area contributed by atoms with Crippen LogP contribution in [0.5, 0.6) is 0 Å². The predicted molar refractivity (Wildman–Crippen MR) is 401 cm³/mol. The van der Waals surface area contributed by atoms with E-state index in [1.807, 2.05) is 27.7 Å². The van der Waals surface area contributed by atoms with Crippen LogP contribution in [-0.2, 0) is 68.8 Å². The average Bonchev–Trinajstić information content (AvgIpc) is 1.69. The summed E-state index contributed by atoms with van der Waals surface area (Å²) in [5.41, 5.74) is 14.3. The zero-order valence-electron chi connectivity index (χ0n) is 62.0. The summed E-state index contributed by atoms with van der Waals surface area (Å²) in [7, 11) is -3.31. The Bertz CT molecular complexity index is 3300. The van der Waals surface area contributed by atoms with Gasteiger partial charge in [-0.1, -0.05) is 257 Å². The number of allylic oxidation sites excluding steroid dienone is 2.